The van der Waals surface area contributed by atoms with Crippen LogP contribution in [0.15, 0.2) is 46.2 Å². The van der Waals surface area contributed by atoms with Crippen molar-refractivity contribution in [1.82, 2.24) is 0 Å². The maximum Gasteiger partial charge on any atom is 0.126 e. The molecule has 2 aromatic rings. The molecule has 0 saturated carbocycles. The Hall–Kier alpha value is -0.900. The number of rotatable bonds is 2. The third-order valence-corrected chi connectivity index (χ3v) is 3.72. The van der Waals surface area contributed by atoms with Crippen LogP contribution in [0.1, 0.15) is 0 Å². The van der Waals surface area contributed by atoms with Crippen LogP contribution in [0.5, 0.6) is 0 Å². The van der Waals surface area contributed by atoms with Crippen molar-refractivity contribution < 1.29 is 4.39 Å². The molecule has 2 aromatic carbocycles. The Morgan fingerprint density at radius 1 is 0.941 bits per heavy atom. The molecule has 1 nitrogen and oxygen atoms in total. The summed E-state index contributed by atoms with van der Waals surface area (Å²) in [5, 5.41) is 0.968. The second-order valence-corrected chi connectivity index (χ2v) is 5.36. The zero-order valence-corrected chi connectivity index (χ0v) is 10.9. The second-order valence-electron chi connectivity index (χ2n) is 3.40. The van der Waals surface area contributed by atoms with E-state index in [-0.39, 0.29) is 5.82 Å². The molecule has 0 radical (unpaired) electrons. The molecular formula is C12H8Cl2FNS. The molecule has 0 aliphatic heterocycles. The Balaban J connectivity index is 2.28. The molecule has 0 aliphatic carbocycles. The van der Waals surface area contributed by atoms with Crippen molar-refractivity contribution in [2.45, 2.75) is 9.79 Å². The van der Waals surface area contributed by atoms with Crippen molar-refractivity contribution in [3.63, 3.8) is 0 Å². The van der Waals surface area contributed by atoms with Crippen molar-refractivity contribution in [1.29, 1.82) is 0 Å². The summed E-state index contributed by atoms with van der Waals surface area (Å²) < 4.78 is 13.1. The average Bonchev–Trinajstić information content (AvgIpc) is 2.22. The molecule has 0 spiro atoms. The van der Waals surface area contributed by atoms with Crippen molar-refractivity contribution in [2.24, 2.45) is 0 Å². The van der Waals surface area contributed by atoms with E-state index in [0.29, 0.717) is 15.7 Å². The minimum Gasteiger partial charge on any atom is -0.399 e. The third kappa shape index (κ3) is 3.28. The van der Waals surface area contributed by atoms with Gasteiger partial charge in [0.05, 0.1) is 10.0 Å². The highest BCUT2D eigenvalue weighted by atomic mass is 35.5. The highest BCUT2D eigenvalue weighted by Gasteiger charge is 2.04. The van der Waals surface area contributed by atoms with Crippen LogP contribution in [0.4, 0.5) is 10.1 Å². The summed E-state index contributed by atoms with van der Waals surface area (Å²) in [5.41, 5.74) is 5.96. The van der Waals surface area contributed by atoms with Gasteiger partial charge in [-0.05, 0) is 36.4 Å². The lowest BCUT2D eigenvalue weighted by Crippen LogP contribution is -1.87. The molecule has 88 valence electrons. The summed E-state index contributed by atoms with van der Waals surface area (Å²) in [6.45, 7) is 0. The van der Waals surface area contributed by atoms with E-state index >= 15 is 0 Å². The van der Waals surface area contributed by atoms with Crippen LogP contribution in [0.25, 0.3) is 0 Å². The molecule has 0 heterocycles. The van der Waals surface area contributed by atoms with Gasteiger partial charge in [-0.15, -0.1) is 0 Å². The van der Waals surface area contributed by atoms with E-state index < -0.39 is 0 Å². The molecule has 0 bridgehead atoms. The van der Waals surface area contributed by atoms with E-state index in [1.165, 1.54) is 23.9 Å². The Morgan fingerprint density at radius 2 is 1.71 bits per heavy atom. The number of hydrogen-bond acceptors (Lipinski definition) is 2. The first kappa shape index (κ1) is 12.6. The van der Waals surface area contributed by atoms with Crippen molar-refractivity contribution in [3.8, 4) is 0 Å². The van der Waals surface area contributed by atoms with Crippen molar-refractivity contribution >= 4 is 40.7 Å². The summed E-state index contributed by atoms with van der Waals surface area (Å²) in [6, 6.07) is 9.66. The maximum absolute atomic E-state index is 13.1. The quantitative estimate of drug-likeness (QED) is 0.798. The van der Waals surface area contributed by atoms with Gasteiger partial charge in [-0.1, -0.05) is 35.0 Å². The van der Waals surface area contributed by atoms with Gasteiger partial charge in [-0.2, -0.15) is 0 Å². The van der Waals surface area contributed by atoms with E-state index in [9.17, 15) is 4.39 Å². The Kier molecular flexibility index (Phi) is 3.82. The number of nitrogen functional groups attached to an aromatic ring is 1. The van der Waals surface area contributed by atoms with Gasteiger partial charge in [0.25, 0.3) is 0 Å². The normalized spacial score (nSPS) is 10.5. The standard InChI is InChI=1S/C12H8Cl2FNS/c13-11-2-1-9(6-12(11)14)17-10-4-7(15)3-8(16)5-10/h1-6H,16H2. The van der Waals surface area contributed by atoms with Gasteiger partial charge in [0, 0.05) is 15.5 Å². The summed E-state index contributed by atoms with van der Waals surface area (Å²) in [6.07, 6.45) is 0. The molecule has 0 aliphatic rings. The highest BCUT2D eigenvalue weighted by Crippen LogP contribution is 2.33. The number of hydrogen-bond donors (Lipinski definition) is 1. The Morgan fingerprint density at radius 3 is 2.35 bits per heavy atom. The number of nitrogens with two attached hydrogens (primary N) is 1. The first-order valence-corrected chi connectivity index (χ1v) is 6.31. The lowest BCUT2D eigenvalue weighted by atomic mass is 10.3. The van der Waals surface area contributed by atoms with Crippen LogP contribution >= 0.6 is 35.0 Å². The average molecular weight is 288 g/mol. The van der Waals surface area contributed by atoms with Crippen LogP contribution in [-0.2, 0) is 0 Å². The SMILES string of the molecule is Nc1cc(F)cc(Sc2ccc(Cl)c(Cl)c2)c1. The zero-order valence-electron chi connectivity index (χ0n) is 8.58. The topological polar surface area (TPSA) is 26.0 Å². The van der Waals surface area contributed by atoms with Gasteiger partial charge < -0.3 is 5.73 Å². The van der Waals surface area contributed by atoms with E-state index in [0.717, 1.165) is 9.79 Å². The number of halogens is 3. The van der Waals surface area contributed by atoms with E-state index in [1.54, 1.807) is 18.2 Å². The molecule has 0 amide bonds. The van der Waals surface area contributed by atoms with Gasteiger partial charge in [-0.25, -0.2) is 4.39 Å². The number of anilines is 1. The smallest absolute Gasteiger partial charge is 0.126 e. The zero-order chi connectivity index (χ0) is 12.4. The molecule has 2 rings (SSSR count). The van der Waals surface area contributed by atoms with Crippen LogP contribution in [0.2, 0.25) is 10.0 Å². The fraction of sp³-hybridized carbons (Fsp3) is 0. The Labute approximate surface area is 113 Å². The van der Waals surface area contributed by atoms with Crippen molar-refractivity contribution in [2.75, 3.05) is 5.73 Å². The van der Waals surface area contributed by atoms with Gasteiger partial charge in [0.2, 0.25) is 0 Å². The van der Waals surface area contributed by atoms with E-state index in [4.69, 9.17) is 28.9 Å². The molecule has 5 heteroatoms. The summed E-state index contributed by atoms with van der Waals surface area (Å²) in [5.74, 6) is -0.354. The molecule has 2 N–H and O–H groups in total. The lowest BCUT2D eigenvalue weighted by Gasteiger charge is -2.04. The largest absolute Gasteiger partial charge is 0.399 e. The van der Waals surface area contributed by atoms with E-state index in [1.807, 2.05) is 6.07 Å². The minimum atomic E-state index is -0.354. The summed E-state index contributed by atoms with van der Waals surface area (Å²) in [7, 11) is 0. The third-order valence-electron chi connectivity index (χ3n) is 2.02. The van der Waals surface area contributed by atoms with Gasteiger partial charge in [0.1, 0.15) is 5.82 Å². The molecule has 0 atom stereocenters. The maximum atomic E-state index is 13.1. The number of benzene rings is 2. The van der Waals surface area contributed by atoms with Crippen LogP contribution in [0.3, 0.4) is 0 Å². The predicted molar refractivity (Wildman–Crippen MR) is 71.4 cm³/mol. The second kappa shape index (κ2) is 5.17. The fourth-order valence-corrected chi connectivity index (χ4v) is 2.63. The predicted octanol–water partition coefficient (Wildman–Crippen LogP) is 4.87. The van der Waals surface area contributed by atoms with Crippen LogP contribution in [0, 0.1) is 5.82 Å². The molecule has 0 fully saturated rings. The van der Waals surface area contributed by atoms with Gasteiger partial charge in [-0.3, -0.25) is 0 Å². The molecule has 0 aromatic heterocycles. The van der Waals surface area contributed by atoms with Crippen LogP contribution in [-0.4, -0.2) is 0 Å². The van der Waals surface area contributed by atoms with Crippen LogP contribution < -0.4 is 5.73 Å². The van der Waals surface area contributed by atoms with Gasteiger partial charge in [0.15, 0.2) is 0 Å². The monoisotopic (exact) mass is 287 g/mol. The summed E-state index contributed by atoms with van der Waals surface area (Å²) in [4.78, 5) is 1.60. The molecule has 0 saturated heterocycles. The van der Waals surface area contributed by atoms with Gasteiger partial charge >= 0.3 is 0 Å². The first-order chi connectivity index (χ1) is 8.04. The molecular weight excluding hydrogens is 280 g/mol. The molecule has 0 unspecified atom stereocenters. The minimum absolute atomic E-state index is 0.354. The summed E-state index contributed by atoms with van der Waals surface area (Å²) >= 11 is 13.1. The Bertz CT molecular complexity index is 540. The highest BCUT2D eigenvalue weighted by molar-refractivity contribution is 7.99. The lowest BCUT2D eigenvalue weighted by molar-refractivity contribution is 0.625. The van der Waals surface area contributed by atoms with Crippen molar-refractivity contribution in [3.05, 3.63) is 52.3 Å². The fourth-order valence-electron chi connectivity index (χ4n) is 1.32. The first-order valence-electron chi connectivity index (χ1n) is 4.73. The van der Waals surface area contributed by atoms with E-state index in [2.05, 4.69) is 0 Å². The molecule has 17 heavy (non-hydrogen) atoms.